The second-order valence-corrected chi connectivity index (χ2v) is 4.82. The number of nitrogens with zero attached hydrogens (tertiary/aromatic N) is 2. The topological polar surface area (TPSA) is 80.9 Å². The molecule has 0 fully saturated rings. The molecule has 0 radical (unpaired) electrons. The molecule has 5 nitrogen and oxygen atoms in total. The van der Waals surface area contributed by atoms with Gasteiger partial charge in [-0.3, -0.25) is 9.78 Å². The molecule has 1 amide bonds. The Bertz CT molecular complexity index is 524. The highest BCUT2D eigenvalue weighted by atomic mass is 32.1. The van der Waals surface area contributed by atoms with Crippen molar-refractivity contribution in [1.82, 2.24) is 9.97 Å². The molecule has 1 atom stereocenters. The van der Waals surface area contributed by atoms with Gasteiger partial charge in [0.25, 0.3) is 0 Å². The van der Waals surface area contributed by atoms with Crippen LogP contribution in [0.3, 0.4) is 0 Å². The lowest BCUT2D eigenvalue weighted by molar-refractivity contribution is -0.115. The number of carbonyl (C=O) groups is 1. The molecule has 2 rings (SSSR count). The number of hydrogen-bond donors (Lipinski definition) is 2. The molecule has 2 aromatic rings. The van der Waals surface area contributed by atoms with Crippen LogP contribution in [0, 0.1) is 0 Å². The molecule has 0 aromatic carbocycles. The minimum absolute atomic E-state index is 0.0925. The lowest BCUT2D eigenvalue weighted by atomic mass is 10.3. The van der Waals surface area contributed by atoms with Crippen LogP contribution < -0.4 is 11.1 Å². The third kappa shape index (κ3) is 3.35. The Hall–Kier alpha value is -1.79. The van der Waals surface area contributed by atoms with E-state index in [0.29, 0.717) is 5.69 Å². The van der Waals surface area contributed by atoms with Crippen molar-refractivity contribution in [2.45, 2.75) is 19.4 Å². The largest absolute Gasteiger partial charge is 0.324 e. The molecule has 0 spiro atoms. The first-order chi connectivity index (χ1) is 8.65. The first-order valence-electron chi connectivity index (χ1n) is 5.55. The molecule has 0 bridgehead atoms. The van der Waals surface area contributed by atoms with Gasteiger partial charge in [0.15, 0.2) is 0 Å². The second kappa shape index (κ2) is 5.70. The average Bonchev–Trinajstić information content (AvgIpc) is 2.78. The molecule has 6 heteroatoms. The van der Waals surface area contributed by atoms with Gasteiger partial charge in [-0.2, -0.15) is 0 Å². The average molecular weight is 262 g/mol. The van der Waals surface area contributed by atoms with E-state index in [9.17, 15) is 4.79 Å². The van der Waals surface area contributed by atoms with Crippen LogP contribution in [0.25, 0.3) is 0 Å². The van der Waals surface area contributed by atoms with E-state index in [1.807, 2.05) is 12.3 Å². The van der Waals surface area contributed by atoms with Crippen molar-refractivity contribution in [3.05, 3.63) is 40.6 Å². The van der Waals surface area contributed by atoms with Crippen molar-refractivity contribution in [1.29, 1.82) is 0 Å². The second-order valence-electron chi connectivity index (χ2n) is 3.93. The highest BCUT2D eigenvalue weighted by molar-refractivity contribution is 7.09. The zero-order valence-electron chi connectivity index (χ0n) is 9.96. The van der Waals surface area contributed by atoms with Gasteiger partial charge < -0.3 is 11.1 Å². The van der Waals surface area contributed by atoms with E-state index < -0.39 is 0 Å². The molecule has 0 aliphatic heterocycles. The molecular formula is C12H14N4OS. The molecule has 2 heterocycles. The molecule has 2 aromatic heterocycles. The van der Waals surface area contributed by atoms with Gasteiger partial charge >= 0.3 is 0 Å². The van der Waals surface area contributed by atoms with E-state index in [0.717, 1.165) is 10.7 Å². The molecule has 0 aliphatic carbocycles. The van der Waals surface area contributed by atoms with Crippen LogP contribution in [0.4, 0.5) is 5.69 Å². The molecule has 1 unspecified atom stereocenters. The van der Waals surface area contributed by atoms with Crippen molar-refractivity contribution in [3.63, 3.8) is 0 Å². The summed E-state index contributed by atoms with van der Waals surface area (Å²) in [4.78, 5) is 20.0. The molecule has 0 saturated heterocycles. The fraction of sp³-hybridized carbons (Fsp3) is 0.250. The van der Waals surface area contributed by atoms with Crippen molar-refractivity contribution < 1.29 is 4.79 Å². The van der Waals surface area contributed by atoms with Crippen LogP contribution >= 0.6 is 11.3 Å². The Labute approximate surface area is 109 Å². The van der Waals surface area contributed by atoms with Crippen molar-refractivity contribution >= 4 is 22.9 Å². The van der Waals surface area contributed by atoms with Crippen molar-refractivity contribution in [3.8, 4) is 0 Å². The number of aromatic nitrogens is 2. The van der Waals surface area contributed by atoms with Gasteiger partial charge in [0.2, 0.25) is 5.91 Å². The maximum Gasteiger partial charge on any atom is 0.230 e. The van der Waals surface area contributed by atoms with Gasteiger partial charge in [-0.05, 0) is 19.1 Å². The maximum absolute atomic E-state index is 11.8. The molecule has 94 valence electrons. The number of nitrogens with one attached hydrogen (secondary N) is 1. The van der Waals surface area contributed by atoms with Crippen LogP contribution in [-0.4, -0.2) is 15.9 Å². The number of hydrogen-bond acceptors (Lipinski definition) is 5. The van der Waals surface area contributed by atoms with E-state index in [1.54, 1.807) is 24.5 Å². The summed E-state index contributed by atoms with van der Waals surface area (Å²) in [7, 11) is 0. The van der Waals surface area contributed by atoms with Crippen LogP contribution in [0.2, 0.25) is 0 Å². The summed E-state index contributed by atoms with van der Waals surface area (Å²) in [6, 6.07) is 3.47. The zero-order valence-corrected chi connectivity index (χ0v) is 10.8. The minimum atomic E-state index is -0.107. The minimum Gasteiger partial charge on any atom is -0.324 e. The number of thiazole rings is 1. The smallest absolute Gasteiger partial charge is 0.230 e. The van der Waals surface area contributed by atoms with Gasteiger partial charge in [-0.1, -0.05) is 0 Å². The van der Waals surface area contributed by atoms with E-state index >= 15 is 0 Å². The first kappa shape index (κ1) is 12.7. The normalized spacial score (nSPS) is 12.1. The third-order valence-electron chi connectivity index (χ3n) is 2.25. The summed E-state index contributed by atoms with van der Waals surface area (Å²) < 4.78 is 0. The Kier molecular flexibility index (Phi) is 4.01. The summed E-state index contributed by atoms with van der Waals surface area (Å²) in [5.74, 6) is -0.107. The highest BCUT2D eigenvalue weighted by Gasteiger charge is 2.10. The van der Waals surface area contributed by atoms with Crippen LogP contribution in [-0.2, 0) is 11.2 Å². The Balaban J connectivity index is 1.95. The predicted molar refractivity (Wildman–Crippen MR) is 71.3 cm³/mol. The van der Waals surface area contributed by atoms with Crippen LogP contribution in [0.15, 0.2) is 29.9 Å². The lowest BCUT2D eigenvalue weighted by Gasteiger charge is -2.02. The summed E-state index contributed by atoms with van der Waals surface area (Å²) >= 11 is 1.48. The highest BCUT2D eigenvalue weighted by Crippen LogP contribution is 2.16. The summed E-state index contributed by atoms with van der Waals surface area (Å²) in [6.45, 7) is 1.87. The SMILES string of the molecule is CC(N)c1nc(CC(=O)Nc2cccnc2)cs1. The van der Waals surface area contributed by atoms with E-state index in [1.165, 1.54) is 11.3 Å². The van der Waals surface area contributed by atoms with Gasteiger partial charge in [-0.15, -0.1) is 11.3 Å². The number of nitrogens with two attached hydrogens (primary N) is 1. The van der Waals surface area contributed by atoms with Gasteiger partial charge in [-0.25, -0.2) is 4.98 Å². The number of rotatable bonds is 4. The van der Waals surface area contributed by atoms with Gasteiger partial charge in [0, 0.05) is 11.6 Å². The zero-order chi connectivity index (χ0) is 13.0. The number of anilines is 1. The molecule has 3 N–H and O–H groups in total. The summed E-state index contributed by atoms with van der Waals surface area (Å²) in [6.07, 6.45) is 3.51. The van der Waals surface area contributed by atoms with E-state index in [2.05, 4.69) is 15.3 Å². The predicted octanol–water partition coefficient (Wildman–Crippen LogP) is 1.74. The third-order valence-corrected chi connectivity index (χ3v) is 3.34. The van der Waals surface area contributed by atoms with Crippen molar-refractivity contribution in [2.75, 3.05) is 5.32 Å². The first-order valence-corrected chi connectivity index (χ1v) is 6.43. The molecule has 18 heavy (non-hydrogen) atoms. The number of carbonyl (C=O) groups excluding carboxylic acids is 1. The van der Waals surface area contributed by atoms with Crippen LogP contribution in [0.1, 0.15) is 23.7 Å². The van der Waals surface area contributed by atoms with E-state index in [-0.39, 0.29) is 18.4 Å². The number of pyridine rings is 1. The summed E-state index contributed by atoms with van der Waals surface area (Å²) in [5, 5.41) is 5.47. The van der Waals surface area contributed by atoms with E-state index in [4.69, 9.17) is 5.73 Å². The number of amides is 1. The monoisotopic (exact) mass is 262 g/mol. The Morgan fingerprint density at radius 3 is 3.06 bits per heavy atom. The summed E-state index contributed by atoms with van der Waals surface area (Å²) in [5.41, 5.74) is 7.15. The maximum atomic E-state index is 11.8. The Morgan fingerprint density at radius 2 is 2.44 bits per heavy atom. The standard InChI is InChI=1S/C12H14N4OS/c1-8(13)12-16-10(7-18-12)5-11(17)15-9-3-2-4-14-6-9/h2-4,6-8H,5,13H2,1H3,(H,15,17). The molecular weight excluding hydrogens is 248 g/mol. The fourth-order valence-corrected chi connectivity index (χ4v) is 2.20. The van der Waals surface area contributed by atoms with Gasteiger partial charge in [0.05, 0.1) is 30.0 Å². The van der Waals surface area contributed by atoms with Gasteiger partial charge in [0.1, 0.15) is 5.01 Å². The molecule has 0 aliphatic rings. The lowest BCUT2D eigenvalue weighted by Crippen LogP contribution is -2.15. The quantitative estimate of drug-likeness (QED) is 0.879. The Morgan fingerprint density at radius 1 is 1.61 bits per heavy atom. The fourth-order valence-electron chi connectivity index (χ4n) is 1.42. The van der Waals surface area contributed by atoms with Crippen LogP contribution in [0.5, 0.6) is 0 Å². The van der Waals surface area contributed by atoms with Crippen molar-refractivity contribution in [2.24, 2.45) is 5.73 Å². The molecule has 0 saturated carbocycles.